The fourth-order valence-corrected chi connectivity index (χ4v) is 2.24. The first kappa shape index (κ1) is 19.6. The number of fused-ring (bicyclic) bond motifs is 1. The molecule has 0 aromatic heterocycles. The molecule has 1 aliphatic carbocycles. The summed E-state index contributed by atoms with van der Waals surface area (Å²) in [6, 6.07) is 5.93. The number of carbonyl (C=O) groups is 1. The lowest BCUT2D eigenvalue weighted by atomic mass is 9.88. The van der Waals surface area contributed by atoms with Gasteiger partial charge in [-0.15, -0.1) is 12.4 Å². The Hall–Kier alpha value is -1.47. The van der Waals surface area contributed by atoms with Gasteiger partial charge in [0.1, 0.15) is 5.75 Å². The minimum absolute atomic E-state index is 0. The summed E-state index contributed by atoms with van der Waals surface area (Å²) in [5.74, 6) is 0.334. The van der Waals surface area contributed by atoms with Crippen LogP contribution in [0.3, 0.4) is 0 Å². The predicted molar refractivity (Wildman–Crippen MR) is 82.2 cm³/mol. The average molecular weight is 353 g/mol. The highest BCUT2D eigenvalue weighted by atomic mass is 35.5. The van der Waals surface area contributed by atoms with Gasteiger partial charge in [-0.3, -0.25) is 4.79 Å². The molecular formula is C15H20ClF3N2O2. The maximum atomic E-state index is 12.8. The molecule has 1 saturated carbocycles. The smallest absolute Gasteiger partial charge is 0.428 e. The van der Waals surface area contributed by atoms with Crippen molar-refractivity contribution in [1.29, 1.82) is 0 Å². The van der Waals surface area contributed by atoms with E-state index in [9.17, 15) is 18.0 Å². The SMILES string of the molecule is C[C@@]1(C(F)(F)F)C[C@@H](N)c2ccccc2O1.Cl.NC(=O)C1CC1. The molecule has 0 radical (unpaired) electrons. The number of hydrogen-bond acceptors (Lipinski definition) is 3. The molecule has 0 saturated heterocycles. The summed E-state index contributed by atoms with van der Waals surface area (Å²) < 4.78 is 43.5. The number of nitrogens with two attached hydrogens (primary N) is 2. The first-order valence-electron chi connectivity index (χ1n) is 7.03. The Labute approximate surface area is 138 Å². The van der Waals surface area contributed by atoms with Gasteiger partial charge in [-0.25, -0.2) is 0 Å². The zero-order valence-corrected chi connectivity index (χ0v) is 13.4. The number of para-hydroxylation sites is 1. The van der Waals surface area contributed by atoms with Crippen LogP contribution in [-0.2, 0) is 4.79 Å². The predicted octanol–water partition coefficient (Wildman–Crippen LogP) is 3.09. The van der Waals surface area contributed by atoms with Crippen molar-refractivity contribution >= 4 is 18.3 Å². The van der Waals surface area contributed by atoms with Gasteiger partial charge in [0.05, 0.1) is 0 Å². The van der Waals surface area contributed by atoms with E-state index in [4.69, 9.17) is 16.2 Å². The van der Waals surface area contributed by atoms with E-state index >= 15 is 0 Å². The Bertz CT molecular complexity index is 564. The monoisotopic (exact) mass is 352 g/mol. The molecule has 1 aliphatic heterocycles. The molecule has 0 unspecified atom stereocenters. The van der Waals surface area contributed by atoms with Gasteiger partial charge in [-0.05, 0) is 25.8 Å². The summed E-state index contributed by atoms with van der Waals surface area (Å²) in [4.78, 5) is 9.98. The molecule has 0 bridgehead atoms. The Morgan fingerprint density at radius 2 is 1.87 bits per heavy atom. The van der Waals surface area contributed by atoms with Gasteiger partial charge in [0.25, 0.3) is 0 Å². The zero-order chi connectivity index (χ0) is 16.5. The van der Waals surface area contributed by atoms with Gasteiger partial charge in [0.2, 0.25) is 11.5 Å². The Kier molecular flexibility index (Phi) is 5.93. The van der Waals surface area contributed by atoms with Crippen molar-refractivity contribution in [2.45, 2.75) is 44.0 Å². The highest BCUT2D eigenvalue weighted by Gasteiger charge is 2.56. The summed E-state index contributed by atoms with van der Waals surface area (Å²) in [5, 5.41) is 0. The van der Waals surface area contributed by atoms with Gasteiger partial charge in [0, 0.05) is 23.9 Å². The second-order valence-corrected chi connectivity index (χ2v) is 5.86. The molecular weight excluding hydrogens is 333 g/mol. The normalized spacial score (nSPS) is 25.9. The zero-order valence-electron chi connectivity index (χ0n) is 12.6. The second kappa shape index (κ2) is 6.97. The number of primary amides is 1. The summed E-state index contributed by atoms with van der Waals surface area (Å²) in [7, 11) is 0. The second-order valence-electron chi connectivity index (χ2n) is 5.86. The molecule has 2 aliphatic rings. The topological polar surface area (TPSA) is 78.3 Å². The van der Waals surface area contributed by atoms with Gasteiger partial charge >= 0.3 is 6.18 Å². The van der Waals surface area contributed by atoms with Crippen LogP contribution in [0.15, 0.2) is 24.3 Å². The highest BCUT2D eigenvalue weighted by molar-refractivity contribution is 5.85. The molecule has 4 nitrogen and oxygen atoms in total. The number of carbonyl (C=O) groups excluding carboxylic acids is 1. The van der Waals surface area contributed by atoms with Crippen LogP contribution >= 0.6 is 12.4 Å². The Balaban J connectivity index is 0.000000320. The maximum Gasteiger partial charge on any atom is 0.428 e. The van der Waals surface area contributed by atoms with E-state index in [0.29, 0.717) is 5.56 Å². The van der Waals surface area contributed by atoms with Crippen LogP contribution in [0, 0.1) is 5.92 Å². The fraction of sp³-hybridized carbons (Fsp3) is 0.533. The van der Waals surface area contributed by atoms with E-state index in [1.807, 2.05) is 0 Å². The third kappa shape index (κ3) is 4.51. The molecule has 2 atom stereocenters. The molecule has 0 spiro atoms. The Morgan fingerprint density at radius 1 is 1.30 bits per heavy atom. The van der Waals surface area contributed by atoms with Crippen molar-refractivity contribution in [2.75, 3.05) is 0 Å². The third-order valence-corrected chi connectivity index (χ3v) is 3.84. The molecule has 1 heterocycles. The number of amides is 1. The Morgan fingerprint density at radius 3 is 2.30 bits per heavy atom. The van der Waals surface area contributed by atoms with Crippen molar-refractivity contribution < 1.29 is 22.7 Å². The number of benzene rings is 1. The number of hydrogen-bond donors (Lipinski definition) is 2. The number of rotatable bonds is 1. The van der Waals surface area contributed by atoms with Crippen LogP contribution in [0.4, 0.5) is 13.2 Å². The van der Waals surface area contributed by atoms with Gasteiger partial charge in [-0.2, -0.15) is 13.2 Å². The van der Waals surface area contributed by atoms with Crippen LogP contribution < -0.4 is 16.2 Å². The van der Waals surface area contributed by atoms with E-state index in [1.54, 1.807) is 18.2 Å². The summed E-state index contributed by atoms with van der Waals surface area (Å²) in [6.45, 7) is 1.03. The number of ether oxygens (including phenoxy) is 1. The lowest BCUT2D eigenvalue weighted by molar-refractivity contribution is -0.248. The van der Waals surface area contributed by atoms with E-state index in [1.165, 1.54) is 6.07 Å². The van der Waals surface area contributed by atoms with E-state index < -0.39 is 17.8 Å². The minimum atomic E-state index is -4.42. The quantitative estimate of drug-likeness (QED) is 0.815. The van der Waals surface area contributed by atoms with E-state index in [-0.39, 0.29) is 36.4 Å². The molecule has 3 rings (SSSR count). The van der Waals surface area contributed by atoms with Crippen molar-refractivity contribution in [3.8, 4) is 5.75 Å². The maximum absolute atomic E-state index is 12.8. The lowest BCUT2D eigenvalue weighted by Gasteiger charge is -2.39. The van der Waals surface area contributed by atoms with Crippen LogP contribution in [0.2, 0.25) is 0 Å². The molecule has 1 aromatic carbocycles. The molecule has 1 fully saturated rings. The minimum Gasteiger partial charge on any atom is -0.478 e. The summed E-state index contributed by atoms with van der Waals surface area (Å²) in [5.41, 5.74) is 9.03. The van der Waals surface area contributed by atoms with Crippen LogP contribution in [0.1, 0.15) is 37.8 Å². The highest BCUT2D eigenvalue weighted by Crippen LogP contribution is 2.45. The number of halogens is 4. The molecule has 4 N–H and O–H groups in total. The first-order valence-corrected chi connectivity index (χ1v) is 7.03. The van der Waals surface area contributed by atoms with Crippen LogP contribution in [0.25, 0.3) is 0 Å². The summed E-state index contributed by atoms with van der Waals surface area (Å²) in [6.07, 6.45) is -2.63. The van der Waals surface area contributed by atoms with Crippen LogP contribution in [-0.4, -0.2) is 17.7 Å². The van der Waals surface area contributed by atoms with E-state index in [2.05, 4.69) is 0 Å². The molecule has 130 valence electrons. The van der Waals surface area contributed by atoms with Crippen molar-refractivity contribution in [3.05, 3.63) is 29.8 Å². The first-order chi connectivity index (χ1) is 10.1. The van der Waals surface area contributed by atoms with Gasteiger partial charge < -0.3 is 16.2 Å². The third-order valence-electron chi connectivity index (χ3n) is 3.84. The molecule has 23 heavy (non-hydrogen) atoms. The van der Waals surface area contributed by atoms with Crippen molar-refractivity contribution in [3.63, 3.8) is 0 Å². The van der Waals surface area contributed by atoms with E-state index in [0.717, 1.165) is 19.8 Å². The standard InChI is InChI=1S/C11H12F3NO.C4H7NO.ClH/c1-10(11(12,13)14)6-8(15)7-4-2-3-5-9(7)16-10;5-4(6)3-1-2-3;/h2-5,8H,6,15H2,1H3;3H,1-2H2,(H2,5,6);1H/t8-,10+;;/m1../s1. The van der Waals surface area contributed by atoms with Crippen molar-refractivity contribution in [1.82, 2.24) is 0 Å². The van der Waals surface area contributed by atoms with Gasteiger partial charge in [-0.1, -0.05) is 18.2 Å². The summed E-state index contributed by atoms with van der Waals surface area (Å²) >= 11 is 0. The molecule has 8 heteroatoms. The molecule has 1 amide bonds. The van der Waals surface area contributed by atoms with Crippen molar-refractivity contribution in [2.24, 2.45) is 17.4 Å². The van der Waals surface area contributed by atoms with Gasteiger partial charge in [0.15, 0.2) is 0 Å². The lowest BCUT2D eigenvalue weighted by Crippen LogP contribution is -2.51. The molecule has 1 aromatic rings. The number of alkyl halides is 3. The largest absolute Gasteiger partial charge is 0.478 e. The van der Waals surface area contributed by atoms with Crippen LogP contribution in [0.5, 0.6) is 5.75 Å². The fourth-order valence-electron chi connectivity index (χ4n) is 2.24. The average Bonchev–Trinajstić information content (AvgIpc) is 3.22.